The molecular weight excluding hydrogens is 195 g/mol. The molecule has 1 radical (unpaired) electrons. The maximum Gasteiger partial charge on any atom is 0.240 e. The molecule has 0 aromatic heterocycles. The number of alkyl halides is 2. The summed E-state index contributed by atoms with van der Waals surface area (Å²) in [5, 5.41) is 0. The van der Waals surface area contributed by atoms with Crippen molar-refractivity contribution < 1.29 is 9.59 Å². The van der Waals surface area contributed by atoms with Gasteiger partial charge in [-0.1, -0.05) is 11.6 Å². The van der Waals surface area contributed by atoms with Crippen LogP contribution in [0, 0.1) is 0 Å². The normalized spacial score (nSPS) is 16.9. The summed E-state index contributed by atoms with van der Waals surface area (Å²) >= 11 is 7.84. The summed E-state index contributed by atoms with van der Waals surface area (Å²) in [6, 6.07) is 0. The Bertz CT molecular complexity index is 121. The molecule has 8 heavy (non-hydrogen) atoms. The summed E-state index contributed by atoms with van der Waals surface area (Å²) < 4.78 is -1.62. The van der Waals surface area contributed by atoms with E-state index in [1.165, 1.54) is 13.2 Å². The zero-order valence-corrected chi connectivity index (χ0v) is 6.41. The highest BCUT2D eigenvalue weighted by Gasteiger charge is 2.29. The Morgan fingerprint density at radius 2 is 2.25 bits per heavy atom. The monoisotopic (exact) mass is 197 g/mol. The highest BCUT2D eigenvalue weighted by atomic mass is 79.9. The summed E-state index contributed by atoms with van der Waals surface area (Å²) in [6.07, 6.45) is 1.32. The summed E-state index contributed by atoms with van der Waals surface area (Å²) in [6.45, 7) is 1.20. The number of hydrogen-bond acceptors (Lipinski definition) is 2. The van der Waals surface area contributed by atoms with Gasteiger partial charge >= 0.3 is 0 Å². The van der Waals surface area contributed by atoms with Crippen molar-refractivity contribution in [3.63, 3.8) is 0 Å². The molecule has 0 saturated carbocycles. The second kappa shape index (κ2) is 2.60. The van der Waals surface area contributed by atoms with E-state index < -0.39 is 9.57 Å². The maximum atomic E-state index is 10.3. The van der Waals surface area contributed by atoms with Crippen LogP contribution >= 0.6 is 27.5 Å². The zero-order chi connectivity index (χ0) is 6.78. The quantitative estimate of drug-likeness (QED) is 0.490. The topological polar surface area (TPSA) is 34.1 Å². The molecule has 0 saturated heterocycles. The molecule has 0 bridgehead atoms. The number of carbonyl (C=O) groups is 1. The molecule has 0 rings (SSSR count). The van der Waals surface area contributed by atoms with Crippen LogP contribution in [-0.2, 0) is 9.59 Å². The van der Waals surface area contributed by atoms with Gasteiger partial charge in [0.2, 0.25) is 10.1 Å². The predicted molar refractivity (Wildman–Crippen MR) is 33.9 cm³/mol. The van der Waals surface area contributed by atoms with Crippen molar-refractivity contribution in [1.29, 1.82) is 0 Å². The lowest BCUT2D eigenvalue weighted by Crippen LogP contribution is -2.23. The molecule has 0 aliphatic rings. The second-order valence-corrected chi connectivity index (χ2v) is 3.45. The molecule has 2 nitrogen and oxygen atoms in total. The van der Waals surface area contributed by atoms with Gasteiger partial charge in [0, 0.05) is 0 Å². The van der Waals surface area contributed by atoms with E-state index in [0.717, 1.165) is 0 Å². The lowest BCUT2D eigenvalue weighted by molar-refractivity contribution is -0.116. The van der Waals surface area contributed by atoms with E-state index in [9.17, 15) is 9.59 Å². The van der Waals surface area contributed by atoms with Gasteiger partial charge in [-0.3, -0.25) is 9.59 Å². The average molecular weight is 198 g/mol. The first-order valence-electron chi connectivity index (χ1n) is 1.79. The minimum Gasteiger partial charge on any atom is -0.297 e. The average Bonchev–Trinajstić information content (AvgIpc) is 1.67. The number of Topliss-reactive ketones (excluding diaryl/α,β-unsaturated/α-hetero) is 1. The standard InChI is InChI=1S/C4H3BrClO2/c1-3(8)4(5,6)2-7/h1H3. The summed E-state index contributed by atoms with van der Waals surface area (Å²) in [7, 11) is 0. The molecule has 0 fully saturated rings. The first-order chi connectivity index (χ1) is 3.50. The van der Waals surface area contributed by atoms with Crippen LogP contribution in [0.4, 0.5) is 0 Å². The Labute approximate surface area is 60.3 Å². The molecular formula is C4H3BrClO2. The Kier molecular flexibility index (Phi) is 2.63. The van der Waals surface area contributed by atoms with E-state index in [-0.39, 0.29) is 0 Å². The van der Waals surface area contributed by atoms with Crippen molar-refractivity contribution in [3.05, 3.63) is 0 Å². The fourth-order valence-electron chi connectivity index (χ4n) is 0.0719. The molecule has 0 aliphatic carbocycles. The summed E-state index contributed by atoms with van der Waals surface area (Å²) in [5.74, 6) is -0.464. The van der Waals surface area contributed by atoms with E-state index in [1.54, 1.807) is 0 Å². The van der Waals surface area contributed by atoms with E-state index in [2.05, 4.69) is 15.9 Å². The van der Waals surface area contributed by atoms with E-state index in [1.807, 2.05) is 0 Å². The largest absolute Gasteiger partial charge is 0.297 e. The molecule has 0 spiro atoms. The smallest absolute Gasteiger partial charge is 0.240 e. The Hall–Kier alpha value is 0.110. The molecule has 0 aliphatic heterocycles. The van der Waals surface area contributed by atoms with Crippen molar-refractivity contribution >= 4 is 39.6 Å². The first kappa shape index (κ1) is 8.11. The van der Waals surface area contributed by atoms with Gasteiger partial charge in [0.05, 0.1) is 0 Å². The van der Waals surface area contributed by atoms with Gasteiger partial charge in [0.15, 0.2) is 5.78 Å². The van der Waals surface area contributed by atoms with Crippen LogP contribution in [0.25, 0.3) is 0 Å². The Morgan fingerprint density at radius 3 is 2.25 bits per heavy atom. The van der Waals surface area contributed by atoms with E-state index >= 15 is 0 Å². The minimum absolute atomic E-state index is 0.464. The van der Waals surface area contributed by atoms with Gasteiger partial charge in [0.1, 0.15) is 0 Å². The van der Waals surface area contributed by atoms with Crippen molar-refractivity contribution in [3.8, 4) is 0 Å². The van der Waals surface area contributed by atoms with Crippen LogP contribution in [0.15, 0.2) is 0 Å². The molecule has 0 heterocycles. The molecule has 1 unspecified atom stereocenters. The lowest BCUT2D eigenvalue weighted by atomic mass is 10.3. The van der Waals surface area contributed by atoms with Crippen LogP contribution in [0.5, 0.6) is 0 Å². The highest BCUT2D eigenvalue weighted by molar-refractivity contribution is 9.11. The number of carbonyl (C=O) groups excluding carboxylic acids is 2. The summed E-state index contributed by atoms with van der Waals surface area (Å²) in [5.41, 5.74) is 0. The van der Waals surface area contributed by atoms with Gasteiger partial charge in [-0.2, -0.15) is 0 Å². The molecule has 4 heteroatoms. The third-order valence-electron chi connectivity index (χ3n) is 0.570. The number of halogens is 2. The van der Waals surface area contributed by atoms with Crippen molar-refractivity contribution in [1.82, 2.24) is 0 Å². The van der Waals surface area contributed by atoms with E-state index in [4.69, 9.17) is 11.6 Å². The number of ketones is 1. The van der Waals surface area contributed by atoms with Gasteiger partial charge in [-0.05, 0) is 22.9 Å². The number of hydrogen-bond donors (Lipinski definition) is 0. The van der Waals surface area contributed by atoms with Gasteiger partial charge in [-0.15, -0.1) is 0 Å². The molecule has 0 aromatic rings. The Balaban J connectivity index is 4.12. The number of rotatable bonds is 2. The lowest BCUT2D eigenvalue weighted by Gasteiger charge is -2.02. The van der Waals surface area contributed by atoms with Crippen molar-refractivity contribution in [2.75, 3.05) is 0 Å². The second-order valence-electron chi connectivity index (χ2n) is 1.23. The molecule has 0 aromatic carbocycles. The molecule has 45 valence electrons. The molecule has 0 amide bonds. The van der Waals surface area contributed by atoms with Crippen LogP contribution in [-0.4, -0.2) is 15.9 Å². The third kappa shape index (κ3) is 1.92. The molecule has 1 atom stereocenters. The van der Waals surface area contributed by atoms with Crippen LogP contribution in [0.3, 0.4) is 0 Å². The van der Waals surface area contributed by atoms with E-state index in [0.29, 0.717) is 0 Å². The van der Waals surface area contributed by atoms with Crippen LogP contribution in [0.1, 0.15) is 6.92 Å². The minimum atomic E-state index is -1.62. The SMILES string of the molecule is CC(=O)C(Cl)(Br)[C]=O. The van der Waals surface area contributed by atoms with Crippen LogP contribution < -0.4 is 0 Å². The van der Waals surface area contributed by atoms with Gasteiger partial charge < -0.3 is 0 Å². The zero-order valence-electron chi connectivity index (χ0n) is 4.07. The fourth-order valence-corrected chi connectivity index (χ4v) is 0.0719. The van der Waals surface area contributed by atoms with Crippen molar-refractivity contribution in [2.24, 2.45) is 0 Å². The van der Waals surface area contributed by atoms with Crippen molar-refractivity contribution in [2.45, 2.75) is 10.7 Å². The maximum absolute atomic E-state index is 10.3. The molecule has 0 N–H and O–H groups in total. The predicted octanol–water partition coefficient (Wildman–Crippen LogP) is 1.02. The summed E-state index contributed by atoms with van der Waals surface area (Å²) in [4.78, 5) is 20.0. The third-order valence-corrected chi connectivity index (χ3v) is 1.63. The fraction of sp³-hybridized carbons (Fsp3) is 0.500. The first-order valence-corrected chi connectivity index (χ1v) is 2.96. The van der Waals surface area contributed by atoms with Gasteiger partial charge in [0.25, 0.3) is 0 Å². The Morgan fingerprint density at radius 1 is 1.88 bits per heavy atom. The van der Waals surface area contributed by atoms with Gasteiger partial charge in [-0.25, -0.2) is 0 Å². The highest BCUT2D eigenvalue weighted by Crippen LogP contribution is 2.20. The van der Waals surface area contributed by atoms with Crippen LogP contribution in [0.2, 0.25) is 0 Å².